The highest BCUT2D eigenvalue weighted by Gasteiger charge is 2.16. The molecule has 2 rings (SSSR count). The highest BCUT2D eigenvalue weighted by Crippen LogP contribution is 2.16. The molecule has 0 aromatic heterocycles. The molecule has 0 unspecified atom stereocenters. The third-order valence-electron chi connectivity index (χ3n) is 3.03. The third-order valence-corrected chi connectivity index (χ3v) is 3.03. The Balaban J connectivity index is 2.02. The molecule has 0 bridgehead atoms. The molecule has 1 heterocycles. The van der Waals surface area contributed by atoms with Crippen molar-refractivity contribution in [2.75, 3.05) is 31.5 Å². The Morgan fingerprint density at radius 3 is 2.65 bits per heavy atom. The number of carbonyl (C=O) groups is 1. The summed E-state index contributed by atoms with van der Waals surface area (Å²) in [6.45, 7) is 7.36. The Hall–Kier alpha value is -1.55. The number of benzene rings is 1. The van der Waals surface area contributed by atoms with E-state index in [9.17, 15) is 4.79 Å². The van der Waals surface area contributed by atoms with E-state index in [0.29, 0.717) is 0 Å². The van der Waals surface area contributed by atoms with Gasteiger partial charge in [0.15, 0.2) is 0 Å². The standard InChI is InChI=1S/C13H19N3O/c1-10-3-4-12(11(2)9-10)15-13(17)16-7-5-14-6-8-16/h3-4,9,14H,5-8H2,1-2H3,(H,15,17). The quantitative estimate of drug-likeness (QED) is 0.776. The summed E-state index contributed by atoms with van der Waals surface area (Å²) in [6.07, 6.45) is 0. The average Bonchev–Trinajstić information content (AvgIpc) is 2.34. The first kappa shape index (κ1) is 11.9. The highest BCUT2D eigenvalue weighted by molar-refractivity contribution is 5.90. The van der Waals surface area contributed by atoms with Crippen molar-refractivity contribution in [1.29, 1.82) is 0 Å². The van der Waals surface area contributed by atoms with Crippen LogP contribution in [0.15, 0.2) is 18.2 Å². The van der Waals surface area contributed by atoms with Gasteiger partial charge in [-0.25, -0.2) is 4.79 Å². The number of hydrogen-bond donors (Lipinski definition) is 2. The zero-order valence-corrected chi connectivity index (χ0v) is 10.4. The van der Waals surface area contributed by atoms with Gasteiger partial charge in [0.2, 0.25) is 0 Å². The van der Waals surface area contributed by atoms with E-state index in [-0.39, 0.29) is 6.03 Å². The van der Waals surface area contributed by atoms with Gasteiger partial charge in [-0.2, -0.15) is 0 Å². The Bertz CT molecular complexity index is 411. The minimum Gasteiger partial charge on any atom is -0.322 e. The maximum absolute atomic E-state index is 12.0. The van der Waals surface area contributed by atoms with Crippen LogP contribution in [-0.4, -0.2) is 37.1 Å². The highest BCUT2D eigenvalue weighted by atomic mass is 16.2. The van der Waals surface area contributed by atoms with Crippen LogP contribution in [0.5, 0.6) is 0 Å². The van der Waals surface area contributed by atoms with Crippen LogP contribution in [-0.2, 0) is 0 Å². The number of amides is 2. The molecule has 1 saturated heterocycles. The minimum absolute atomic E-state index is 0.00143. The SMILES string of the molecule is Cc1ccc(NC(=O)N2CCNCC2)c(C)c1. The first-order valence-corrected chi connectivity index (χ1v) is 6.01. The summed E-state index contributed by atoms with van der Waals surface area (Å²) in [5.41, 5.74) is 3.22. The Morgan fingerprint density at radius 1 is 1.29 bits per heavy atom. The first-order valence-electron chi connectivity index (χ1n) is 6.01. The fraction of sp³-hybridized carbons (Fsp3) is 0.462. The third kappa shape index (κ3) is 2.97. The molecule has 4 nitrogen and oxygen atoms in total. The molecule has 1 aliphatic heterocycles. The number of rotatable bonds is 1. The van der Waals surface area contributed by atoms with Crippen molar-refractivity contribution in [2.45, 2.75) is 13.8 Å². The normalized spacial score (nSPS) is 15.8. The number of hydrogen-bond acceptors (Lipinski definition) is 2. The summed E-state index contributed by atoms with van der Waals surface area (Å²) >= 11 is 0. The summed E-state index contributed by atoms with van der Waals surface area (Å²) in [7, 11) is 0. The van der Waals surface area contributed by atoms with Gasteiger partial charge in [-0.05, 0) is 25.5 Å². The van der Waals surface area contributed by atoms with Crippen LogP contribution in [0.1, 0.15) is 11.1 Å². The van der Waals surface area contributed by atoms with Crippen molar-refractivity contribution >= 4 is 11.7 Å². The van der Waals surface area contributed by atoms with Crippen LogP contribution in [0.2, 0.25) is 0 Å². The van der Waals surface area contributed by atoms with Gasteiger partial charge in [-0.1, -0.05) is 17.7 Å². The predicted molar refractivity (Wildman–Crippen MR) is 69.4 cm³/mol. The molecular weight excluding hydrogens is 214 g/mol. The summed E-state index contributed by atoms with van der Waals surface area (Å²) in [5, 5.41) is 6.20. The Labute approximate surface area is 102 Å². The van der Waals surface area contributed by atoms with Crippen molar-refractivity contribution < 1.29 is 4.79 Å². The van der Waals surface area contributed by atoms with Crippen LogP contribution < -0.4 is 10.6 Å². The first-order chi connectivity index (χ1) is 8.16. The fourth-order valence-corrected chi connectivity index (χ4v) is 2.02. The maximum atomic E-state index is 12.0. The second-order valence-electron chi connectivity index (χ2n) is 4.49. The zero-order chi connectivity index (χ0) is 12.3. The summed E-state index contributed by atoms with van der Waals surface area (Å²) in [6, 6.07) is 6.05. The van der Waals surface area contributed by atoms with Crippen molar-refractivity contribution in [3.63, 3.8) is 0 Å². The lowest BCUT2D eigenvalue weighted by atomic mass is 10.1. The summed E-state index contributed by atoms with van der Waals surface area (Å²) < 4.78 is 0. The molecule has 0 spiro atoms. The van der Waals surface area contributed by atoms with Crippen LogP contribution in [0.4, 0.5) is 10.5 Å². The van der Waals surface area contributed by atoms with Gasteiger partial charge in [0.05, 0.1) is 0 Å². The maximum Gasteiger partial charge on any atom is 0.321 e. The summed E-state index contributed by atoms with van der Waals surface area (Å²) in [5.74, 6) is 0. The van der Waals surface area contributed by atoms with E-state index in [1.54, 1.807) is 0 Å². The van der Waals surface area contributed by atoms with Crippen molar-refractivity contribution in [3.8, 4) is 0 Å². The molecule has 2 amide bonds. The average molecular weight is 233 g/mol. The van der Waals surface area contributed by atoms with E-state index < -0.39 is 0 Å². The van der Waals surface area contributed by atoms with Gasteiger partial charge < -0.3 is 15.5 Å². The van der Waals surface area contributed by atoms with E-state index >= 15 is 0 Å². The molecule has 0 atom stereocenters. The van der Waals surface area contributed by atoms with Gasteiger partial charge in [-0.15, -0.1) is 0 Å². The second-order valence-corrected chi connectivity index (χ2v) is 4.49. The van der Waals surface area contributed by atoms with Gasteiger partial charge in [0, 0.05) is 31.9 Å². The number of aryl methyl sites for hydroxylation is 2. The van der Waals surface area contributed by atoms with Crippen molar-refractivity contribution in [1.82, 2.24) is 10.2 Å². The molecule has 1 aromatic carbocycles. The lowest BCUT2D eigenvalue weighted by molar-refractivity contribution is 0.204. The van der Waals surface area contributed by atoms with Gasteiger partial charge in [-0.3, -0.25) is 0 Å². The molecule has 4 heteroatoms. The van der Waals surface area contributed by atoms with E-state index in [4.69, 9.17) is 0 Å². The number of piperazine rings is 1. The number of anilines is 1. The van der Waals surface area contributed by atoms with Gasteiger partial charge >= 0.3 is 6.03 Å². The van der Waals surface area contributed by atoms with Crippen LogP contribution in [0.3, 0.4) is 0 Å². The van der Waals surface area contributed by atoms with Gasteiger partial charge in [0.1, 0.15) is 0 Å². The summed E-state index contributed by atoms with van der Waals surface area (Å²) in [4.78, 5) is 13.8. The number of nitrogens with one attached hydrogen (secondary N) is 2. The smallest absolute Gasteiger partial charge is 0.321 e. The minimum atomic E-state index is -0.00143. The molecule has 17 heavy (non-hydrogen) atoms. The molecule has 0 aliphatic carbocycles. The topological polar surface area (TPSA) is 44.4 Å². The van der Waals surface area contributed by atoms with Crippen LogP contribution in [0.25, 0.3) is 0 Å². The molecular formula is C13H19N3O. The lowest BCUT2D eigenvalue weighted by Crippen LogP contribution is -2.48. The van der Waals surface area contributed by atoms with E-state index in [1.165, 1.54) is 5.56 Å². The van der Waals surface area contributed by atoms with Crippen LogP contribution in [0, 0.1) is 13.8 Å². The fourth-order valence-electron chi connectivity index (χ4n) is 2.02. The number of nitrogens with zero attached hydrogens (tertiary/aromatic N) is 1. The van der Waals surface area contributed by atoms with E-state index in [1.807, 2.05) is 24.0 Å². The number of carbonyl (C=O) groups excluding carboxylic acids is 1. The van der Waals surface area contributed by atoms with Gasteiger partial charge in [0.25, 0.3) is 0 Å². The second kappa shape index (κ2) is 5.19. The molecule has 1 aliphatic rings. The molecule has 2 N–H and O–H groups in total. The van der Waals surface area contributed by atoms with E-state index in [0.717, 1.165) is 37.4 Å². The Morgan fingerprint density at radius 2 is 2.00 bits per heavy atom. The largest absolute Gasteiger partial charge is 0.322 e. The Kier molecular flexibility index (Phi) is 3.64. The van der Waals surface area contributed by atoms with E-state index in [2.05, 4.69) is 23.6 Å². The van der Waals surface area contributed by atoms with Crippen molar-refractivity contribution in [2.24, 2.45) is 0 Å². The lowest BCUT2D eigenvalue weighted by Gasteiger charge is -2.27. The molecule has 92 valence electrons. The molecule has 1 aromatic rings. The zero-order valence-electron chi connectivity index (χ0n) is 10.4. The van der Waals surface area contributed by atoms with Crippen molar-refractivity contribution in [3.05, 3.63) is 29.3 Å². The monoisotopic (exact) mass is 233 g/mol. The predicted octanol–water partition coefficient (Wildman–Crippen LogP) is 1.74. The molecule has 0 saturated carbocycles. The number of urea groups is 1. The molecule has 1 fully saturated rings. The molecule has 0 radical (unpaired) electrons. The van der Waals surface area contributed by atoms with Crippen LogP contribution >= 0.6 is 0 Å².